The fraction of sp³-hybridized carbons (Fsp3) is 0.542. The van der Waals surface area contributed by atoms with E-state index in [4.69, 9.17) is 4.42 Å². The minimum atomic E-state index is 0.297. The van der Waals surface area contributed by atoms with Crippen LogP contribution in [0.25, 0.3) is 5.82 Å². The third-order valence-electron chi connectivity index (χ3n) is 6.26. The fourth-order valence-electron chi connectivity index (χ4n) is 4.71. The summed E-state index contributed by atoms with van der Waals surface area (Å²) in [5.41, 5.74) is 3.85. The van der Waals surface area contributed by atoms with E-state index in [2.05, 4.69) is 70.5 Å². The molecule has 0 aliphatic carbocycles. The van der Waals surface area contributed by atoms with Crippen molar-refractivity contribution < 1.29 is 4.42 Å². The van der Waals surface area contributed by atoms with Crippen molar-refractivity contribution in [1.29, 1.82) is 0 Å². The molecule has 1 aliphatic rings. The highest BCUT2D eigenvalue weighted by Crippen LogP contribution is 2.26. The normalized spacial score (nSPS) is 16.4. The van der Waals surface area contributed by atoms with Crippen LogP contribution in [0.5, 0.6) is 0 Å². The second kappa shape index (κ2) is 9.23. The molecule has 6 heteroatoms. The number of likely N-dealkylation sites (tertiary alicyclic amines) is 1. The van der Waals surface area contributed by atoms with Crippen molar-refractivity contribution in [3.05, 3.63) is 59.4 Å². The van der Waals surface area contributed by atoms with Gasteiger partial charge in [-0.3, -0.25) is 4.90 Å². The van der Waals surface area contributed by atoms with Crippen LogP contribution in [0.3, 0.4) is 0 Å². The Morgan fingerprint density at radius 2 is 1.93 bits per heavy atom. The second-order valence-corrected chi connectivity index (χ2v) is 8.72. The fourth-order valence-corrected chi connectivity index (χ4v) is 4.71. The topological polar surface area (TPSA) is 51.2 Å². The highest BCUT2D eigenvalue weighted by Gasteiger charge is 2.24. The minimum absolute atomic E-state index is 0.297. The largest absolute Gasteiger partial charge is 0.468 e. The Morgan fingerprint density at radius 1 is 1.13 bits per heavy atom. The van der Waals surface area contributed by atoms with Crippen LogP contribution in [0, 0.1) is 13.8 Å². The molecule has 0 bridgehead atoms. The third-order valence-corrected chi connectivity index (χ3v) is 6.26. The average molecular weight is 410 g/mol. The second-order valence-electron chi connectivity index (χ2n) is 8.72. The van der Waals surface area contributed by atoms with Gasteiger partial charge in [0.15, 0.2) is 0 Å². The van der Waals surface area contributed by atoms with E-state index < -0.39 is 0 Å². The van der Waals surface area contributed by atoms with Crippen LogP contribution in [0.4, 0.5) is 0 Å². The summed E-state index contributed by atoms with van der Waals surface area (Å²) in [6, 6.07) is 9.13. The van der Waals surface area contributed by atoms with Gasteiger partial charge in [-0.15, -0.1) is 0 Å². The van der Waals surface area contributed by atoms with E-state index in [-0.39, 0.29) is 0 Å². The van der Waals surface area contributed by atoms with Crippen molar-refractivity contribution in [3.63, 3.8) is 0 Å². The highest BCUT2D eigenvalue weighted by atomic mass is 16.3. The zero-order valence-electron chi connectivity index (χ0n) is 18.8. The van der Waals surface area contributed by atoms with Gasteiger partial charge < -0.3 is 14.3 Å². The number of nitrogens with one attached hydrogen (secondary N) is 1. The van der Waals surface area contributed by atoms with Gasteiger partial charge in [-0.2, -0.15) is 5.10 Å². The minimum Gasteiger partial charge on any atom is -0.468 e. The number of aryl methyl sites for hydroxylation is 1. The molecule has 1 fully saturated rings. The summed E-state index contributed by atoms with van der Waals surface area (Å²) in [6.45, 7) is 12.8. The summed E-state index contributed by atoms with van der Waals surface area (Å²) in [4.78, 5) is 2.57. The first-order chi connectivity index (χ1) is 14.6. The van der Waals surface area contributed by atoms with Crippen molar-refractivity contribution in [3.8, 4) is 5.82 Å². The first kappa shape index (κ1) is 20.9. The molecule has 162 valence electrons. The lowest BCUT2D eigenvalue weighted by Gasteiger charge is -2.33. The molecule has 6 nitrogen and oxygen atoms in total. The summed E-state index contributed by atoms with van der Waals surface area (Å²) < 4.78 is 10.2. The first-order valence-corrected chi connectivity index (χ1v) is 11.3. The maximum Gasteiger partial charge on any atom is 0.135 e. The maximum atomic E-state index is 5.79. The highest BCUT2D eigenvalue weighted by molar-refractivity contribution is 5.37. The van der Waals surface area contributed by atoms with E-state index >= 15 is 0 Å². The van der Waals surface area contributed by atoms with Gasteiger partial charge in [0.2, 0.25) is 0 Å². The molecule has 30 heavy (non-hydrogen) atoms. The SMILES string of the molecule is Cc1cc(CNC[C@H](c2ccco2)N2CCCCC2)c(C)n1-c1ccnn1C(C)C. The van der Waals surface area contributed by atoms with Gasteiger partial charge in [0.05, 0.1) is 18.5 Å². The Kier molecular flexibility index (Phi) is 6.44. The lowest BCUT2D eigenvalue weighted by Crippen LogP contribution is -2.38. The number of rotatable bonds is 8. The van der Waals surface area contributed by atoms with Crippen molar-refractivity contribution in [2.75, 3.05) is 19.6 Å². The van der Waals surface area contributed by atoms with Crippen LogP contribution in [-0.2, 0) is 6.54 Å². The average Bonchev–Trinajstić information content (AvgIpc) is 3.47. The molecular weight excluding hydrogens is 374 g/mol. The van der Waals surface area contributed by atoms with Gasteiger partial charge in [0.1, 0.15) is 11.6 Å². The Balaban J connectivity index is 1.47. The summed E-state index contributed by atoms with van der Waals surface area (Å²) in [5.74, 6) is 2.20. The number of nitrogens with zero attached hydrogens (tertiary/aromatic N) is 4. The summed E-state index contributed by atoms with van der Waals surface area (Å²) >= 11 is 0. The molecule has 1 N–H and O–H groups in total. The van der Waals surface area contributed by atoms with Gasteiger partial charge in [0.25, 0.3) is 0 Å². The van der Waals surface area contributed by atoms with Crippen LogP contribution in [-0.4, -0.2) is 38.9 Å². The Morgan fingerprint density at radius 3 is 2.63 bits per heavy atom. The number of piperidine rings is 1. The van der Waals surface area contributed by atoms with Gasteiger partial charge in [-0.05, 0) is 77.4 Å². The molecule has 3 aromatic heterocycles. The Bertz CT molecular complexity index is 931. The van der Waals surface area contributed by atoms with E-state index in [9.17, 15) is 0 Å². The van der Waals surface area contributed by atoms with Crippen LogP contribution in [0.2, 0.25) is 0 Å². The van der Waals surface area contributed by atoms with E-state index in [1.165, 1.54) is 36.2 Å². The molecule has 1 aliphatic heterocycles. The third kappa shape index (κ3) is 4.25. The molecule has 1 saturated heterocycles. The first-order valence-electron chi connectivity index (χ1n) is 11.3. The summed E-state index contributed by atoms with van der Waals surface area (Å²) in [5, 5.41) is 8.23. The predicted molar refractivity (Wildman–Crippen MR) is 120 cm³/mol. The quantitative estimate of drug-likeness (QED) is 0.582. The van der Waals surface area contributed by atoms with Gasteiger partial charge in [-0.25, -0.2) is 4.68 Å². The Labute approximate surface area is 179 Å². The molecule has 4 heterocycles. The molecule has 1 atom stereocenters. The molecule has 0 aromatic carbocycles. The summed E-state index contributed by atoms with van der Waals surface area (Å²) in [7, 11) is 0. The van der Waals surface area contributed by atoms with Gasteiger partial charge >= 0.3 is 0 Å². The number of hydrogen-bond acceptors (Lipinski definition) is 4. The summed E-state index contributed by atoms with van der Waals surface area (Å²) in [6.07, 6.45) is 7.58. The van der Waals surface area contributed by atoms with Crippen LogP contribution in [0.1, 0.15) is 67.9 Å². The molecule has 0 amide bonds. The van der Waals surface area contributed by atoms with Crippen molar-refractivity contribution in [1.82, 2.24) is 24.6 Å². The van der Waals surface area contributed by atoms with Crippen molar-refractivity contribution in [2.24, 2.45) is 0 Å². The molecular formula is C24H35N5O. The maximum absolute atomic E-state index is 5.79. The van der Waals surface area contributed by atoms with E-state index in [0.29, 0.717) is 12.1 Å². The molecule has 0 radical (unpaired) electrons. The van der Waals surface area contributed by atoms with Gasteiger partial charge in [-0.1, -0.05) is 6.42 Å². The Hall–Kier alpha value is -2.31. The lowest BCUT2D eigenvalue weighted by molar-refractivity contribution is 0.142. The van der Waals surface area contributed by atoms with E-state index in [1.54, 1.807) is 6.26 Å². The standard InChI is InChI=1S/C24H35N5O/c1-18(2)29-24(10-11-26-29)28-19(3)15-21(20(28)4)16-25-17-22(23-9-8-14-30-23)27-12-6-5-7-13-27/h8-11,14-15,18,22,25H,5-7,12-13,16-17H2,1-4H3/t22-/m1/s1. The number of hydrogen-bond donors (Lipinski definition) is 1. The lowest BCUT2D eigenvalue weighted by atomic mass is 10.1. The zero-order chi connectivity index (χ0) is 21.1. The molecule has 3 aromatic rings. The molecule has 4 rings (SSSR count). The molecule has 0 saturated carbocycles. The van der Waals surface area contributed by atoms with Crippen LogP contribution >= 0.6 is 0 Å². The monoisotopic (exact) mass is 409 g/mol. The predicted octanol–water partition coefficient (Wildman–Crippen LogP) is 4.78. The van der Waals surface area contributed by atoms with Crippen molar-refractivity contribution >= 4 is 0 Å². The smallest absolute Gasteiger partial charge is 0.135 e. The van der Waals surface area contributed by atoms with E-state index in [0.717, 1.165) is 37.8 Å². The van der Waals surface area contributed by atoms with Gasteiger partial charge in [0, 0.05) is 36.6 Å². The molecule has 0 spiro atoms. The van der Waals surface area contributed by atoms with Crippen LogP contribution < -0.4 is 5.32 Å². The number of furan rings is 1. The zero-order valence-corrected chi connectivity index (χ0v) is 18.8. The van der Waals surface area contributed by atoms with E-state index in [1.807, 2.05) is 12.3 Å². The van der Waals surface area contributed by atoms with Crippen molar-refractivity contribution in [2.45, 2.75) is 65.6 Å². The molecule has 0 unspecified atom stereocenters. The number of aromatic nitrogens is 3. The van der Waals surface area contributed by atoms with Crippen LogP contribution in [0.15, 0.2) is 41.1 Å².